The molecule has 1 atom stereocenters. The van der Waals surface area contributed by atoms with Crippen LogP contribution in [-0.4, -0.2) is 30.6 Å². The average Bonchev–Trinajstić information content (AvgIpc) is 2.42. The summed E-state index contributed by atoms with van der Waals surface area (Å²) < 4.78 is 0. The van der Waals surface area contributed by atoms with Crippen LogP contribution in [-0.2, 0) is 6.54 Å². The largest absolute Gasteiger partial charge is 0.313 e. The zero-order valence-electron chi connectivity index (χ0n) is 12.7. The minimum Gasteiger partial charge on any atom is -0.313 e. The molecule has 106 valence electrons. The Labute approximate surface area is 118 Å². The zero-order chi connectivity index (χ0) is 13.7. The van der Waals surface area contributed by atoms with E-state index in [-0.39, 0.29) is 0 Å². The Morgan fingerprint density at radius 2 is 2.11 bits per heavy atom. The zero-order valence-corrected chi connectivity index (χ0v) is 12.7. The van der Waals surface area contributed by atoms with Crippen LogP contribution in [0.4, 0.5) is 0 Å². The maximum absolute atomic E-state index is 3.65. The van der Waals surface area contributed by atoms with Crippen LogP contribution in [0.1, 0.15) is 42.9 Å². The van der Waals surface area contributed by atoms with Gasteiger partial charge in [0.05, 0.1) is 0 Å². The molecule has 0 spiro atoms. The molecule has 1 N–H and O–H groups in total. The van der Waals surface area contributed by atoms with Crippen molar-refractivity contribution in [3.8, 4) is 0 Å². The first-order valence-corrected chi connectivity index (χ1v) is 7.71. The molecule has 1 heterocycles. The first kappa shape index (κ1) is 14.5. The van der Waals surface area contributed by atoms with Gasteiger partial charge in [-0.1, -0.05) is 37.1 Å². The van der Waals surface area contributed by atoms with E-state index in [1.54, 1.807) is 0 Å². The molecule has 2 rings (SSSR count). The molecule has 0 amide bonds. The van der Waals surface area contributed by atoms with E-state index in [0.717, 1.165) is 13.1 Å². The molecule has 1 fully saturated rings. The van der Waals surface area contributed by atoms with Gasteiger partial charge in [0.1, 0.15) is 0 Å². The van der Waals surface area contributed by atoms with Crippen LogP contribution in [0.3, 0.4) is 0 Å². The van der Waals surface area contributed by atoms with Crippen molar-refractivity contribution in [2.24, 2.45) is 0 Å². The number of likely N-dealkylation sites (N-methyl/N-ethyl adjacent to an activating group) is 1. The summed E-state index contributed by atoms with van der Waals surface area (Å²) in [5, 5.41) is 3.65. The lowest BCUT2D eigenvalue weighted by molar-refractivity contribution is 0.226. The summed E-state index contributed by atoms with van der Waals surface area (Å²) in [5.41, 5.74) is 4.26. The number of rotatable bonds is 5. The summed E-state index contributed by atoms with van der Waals surface area (Å²) >= 11 is 0. The van der Waals surface area contributed by atoms with E-state index in [0.29, 0.717) is 6.04 Å². The van der Waals surface area contributed by atoms with Crippen LogP contribution in [0.25, 0.3) is 0 Å². The van der Waals surface area contributed by atoms with E-state index in [1.165, 1.54) is 49.0 Å². The van der Waals surface area contributed by atoms with Crippen LogP contribution < -0.4 is 5.32 Å². The van der Waals surface area contributed by atoms with Gasteiger partial charge in [0, 0.05) is 19.1 Å². The topological polar surface area (TPSA) is 15.3 Å². The van der Waals surface area contributed by atoms with Crippen molar-refractivity contribution in [2.45, 2.75) is 52.6 Å². The van der Waals surface area contributed by atoms with Gasteiger partial charge in [-0.2, -0.15) is 0 Å². The summed E-state index contributed by atoms with van der Waals surface area (Å²) in [5.74, 6) is 0. The molecule has 1 unspecified atom stereocenters. The van der Waals surface area contributed by atoms with Crippen LogP contribution in [0.15, 0.2) is 18.2 Å². The van der Waals surface area contributed by atoms with Crippen molar-refractivity contribution in [1.29, 1.82) is 0 Å². The lowest BCUT2D eigenvalue weighted by Gasteiger charge is -2.30. The molecule has 0 radical (unpaired) electrons. The van der Waals surface area contributed by atoms with E-state index in [2.05, 4.69) is 49.2 Å². The fourth-order valence-electron chi connectivity index (χ4n) is 2.96. The molecule has 0 bridgehead atoms. The van der Waals surface area contributed by atoms with Crippen LogP contribution >= 0.6 is 0 Å². The Morgan fingerprint density at radius 1 is 1.26 bits per heavy atom. The van der Waals surface area contributed by atoms with Crippen molar-refractivity contribution in [2.75, 3.05) is 19.6 Å². The molecule has 1 aromatic carbocycles. The van der Waals surface area contributed by atoms with E-state index in [4.69, 9.17) is 0 Å². The fraction of sp³-hybridized carbons (Fsp3) is 0.647. The van der Waals surface area contributed by atoms with E-state index in [9.17, 15) is 0 Å². The van der Waals surface area contributed by atoms with E-state index in [1.807, 2.05) is 0 Å². The van der Waals surface area contributed by atoms with Crippen LogP contribution in [0.5, 0.6) is 0 Å². The Balaban J connectivity index is 1.94. The molecule has 1 aliphatic rings. The Bertz CT molecular complexity index is 394. The number of nitrogens with zero attached hydrogens (tertiary/aromatic N) is 1. The summed E-state index contributed by atoms with van der Waals surface area (Å²) in [6.07, 6.45) is 4.07. The predicted octanol–water partition coefficient (Wildman–Crippen LogP) is 3.27. The third-order valence-corrected chi connectivity index (χ3v) is 4.23. The average molecular weight is 260 g/mol. The van der Waals surface area contributed by atoms with Crippen molar-refractivity contribution in [1.82, 2.24) is 10.2 Å². The number of nitrogens with one attached hydrogen (secondary N) is 1. The van der Waals surface area contributed by atoms with Crippen molar-refractivity contribution >= 4 is 0 Å². The highest BCUT2D eigenvalue weighted by Gasteiger charge is 2.16. The summed E-state index contributed by atoms with van der Waals surface area (Å²) in [7, 11) is 0. The van der Waals surface area contributed by atoms with Gasteiger partial charge in [0.2, 0.25) is 0 Å². The second kappa shape index (κ2) is 7.06. The summed E-state index contributed by atoms with van der Waals surface area (Å²) in [6.45, 7) is 11.3. The lowest BCUT2D eigenvalue weighted by Crippen LogP contribution is -2.43. The smallest absolute Gasteiger partial charge is 0.0236 e. The highest BCUT2D eigenvalue weighted by molar-refractivity contribution is 5.30. The van der Waals surface area contributed by atoms with Crippen molar-refractivity contribution in [3.63, 3.8) is 0 Å². The van der Waals surface area contributed by atoms with Crippen LogP contribution in [0, 0.1) is 13.8 Å². The summed E-state index contributed by atoms with van der Waals surface area (Å²) in [4.78, 5) is 2.57. The molecule has 0 saturated carbocycles. The SMILES string of the molecule is CCN(Cc1ccc(C)cc1C)CC1CCCCN1. The van der Waals surface area contributed by atoms with Gasteiger partial charge >= 0.3 is 0 Å². The lowest BCUT2D eigenvalue weighted by atomic mass is 10.0. The van der Waals surface area contributed by atoms with Gasteiger partial charge in [-0.25, -0.2) is 0 Å². The van der Waals surface area contributed by atoms with Gasteiger partial charge in [-0.05, 0) is 50.9 Å². The first-order valence-electron chi connectivity index (χ1n) is 7.71. The monoisotopic (exact) mass is 260 g/mol. The molecule has 1 aliphatic heterocycles. The molecule has 1 aromatic rings. The van der Waals surface area contributed by atoms with Gasteiger partial charge in [-0.3, -0.25) is 4.90 Å². The molecular weight excluding hydrogens is 232 g/mol. The number of hydrogen-bond acceptors (Lipinski definition) is 2. The Kier molecular flexibility index (Phi) is 5.41. The number of piperidine rings is 1. The van der Waals surface area contributed by atoms with Gasteiger partial charge < -0.3 is 5.32 Å². The standard InChI is InChI=1S/C17H28N2/c1-4-19(13-17-7-5-6-10-18-17)12-16-9-8-14(2)11-15(16)3/h8-9,11,17-18H,4-7,10,12-13H2,1-3H3. The highest BCUT2D eigenvalue weighted by Crippen LogP contribution is 2.15. The molecule has 2 nitrogen and oxygen atoms in total. The number of benzene rings is 1. The Morgan fingerprint density at radius 3 is 2.74 bits per heavy atom. The Hall–Kier alpha value is -0.860. The van der Waals surface area contributed by atoms with E-state index >= 15 is 0 Å². The van der Waals surface area contributed by atoms with Crippen LogP contribution in [0.2, 0.25) is 0 Å². The highest BCUT2D eigenvalue weighted by atomic mass is 15.1. The van der Waals surface area contributed by atoms with E-state index < -0.39 is 0 Å². The maximum Gasteiger partial charge on any atom is 0.0236 e. The molecule has 19 heavy (non-hydrogen) atoms. The molecule has 0 aromatic heterocycles. The minimum atomic E-state index is 0.694. The molecule has 0 aliphatic carbocycles. The van der Waals surface area contributed by atoms with Gasteiger partial charge in [0.25, 0.3) is 0 Å². The number of hydrogen-bond donors (Lipinski definition) is 1. The summed E-state index contributed by atoms with van der Waals surface area (Å²) in [6, 6.07) is 7.51. The molecular formula is C17H28N2. The van der Waals surface area contributed by atoms with Gasteiger partial charge in [0.15, 0.2) is 0 Å². The van der Waals surface area contributed by atoms with Gasteiger partial charge in [-0.15, -0.1) is 0 Å². The predicted molar refractivity (Wildman–Crippen MR) is 82.5 cm³/mol. The second-order valence-electron chi connectivity index (χ2n) is 5.90. The second-order valence-corrected chi connectivity index (χ2v) is 5.90. The molecule has 1 saturated heterocycles. The quantitative estimate of drug-likeness (QED) is 0.874. The molecule has 2 heteroatoms. The first-order chi connectivity index (χ1) is 9.19. The number of aryl methyl sites for hydroxylation is 2. The van der Waals surface area contributed by atoms with Crippen molar-refractivity contribution in [3.05, 3.63) is 34.9 Å². The normalized spacial score (nSPS) is 19.9. The fourth-order valence-corrected chi connectivity index (χ4v) is 2.96. The minimum absolute atomic E-state index is 0.694. The third-order valence-electron chi connectivity index (χ3n) is 4.23. The third kappa shape index (κ3) is 4.32. The maximum atomic E-state index is 3.65. The van der Waals surface area contributed by atoms with Crippen molar-refractivity contribution < 1.29 is 0 Å².